The molecule has 2 N–H and O–H groups in total. The Kier molecular flexibility index (Phi) is 9.57. The predicted molar refractivity (Wildman–Crippen MR) is 155 cm³/mol. The van der Waals surface area contributed by atoms with Crippen LogP contribution in [0.2, 0.25) is 0 Å². The summed E-state index contributed by atoms with van der Waals surface area (Å²) in [5, 5.41) is 4.18. The normalized spacial score (nSPS) is 16.1. The van der Waals surface area contributed by atoms with Gasteiger partial charge in [0.05, 0.1) is 55.4 Å². The summed E-state index contributed by atoms with van der Waals surface area (Å²) < 4.78 is 32.7. The van der Waals surface area contributed by atoms with Gasteiger partial charge in [0, 0.05) is 23.1 Å². The van der Waals surface area contributed by atoms with Crippen LogP contribution < -0.4 is 38.7 Å². The number of hydrogen-bond acceptors (Lipinski definition) is 8. The molecule has 0 radical (unpaired) electrons. The highest BCUT2D eigenvalue weighted by Gasteiger charge is 2.30. The van der Waals surface area contributed by atoms with Gasteiger partial charge in [0.25, 0.3) is 5.91 Å². The molecule has 10 heteroatoms. The summed E-state index contributed by atoms with van der Waals surface area (Å²) in [4.78, 5) is 14.2. The molecule has 0 saturated carbocycles. The maximum atomic E-state index is 12.8. The average Bonchev–Trinajstić information content (AvgIpc) is 3.01. The van der Waals surface area contributed by atoms with E-state index in [4.69, 9.17) is 28.4 Å². The Hall–Kier alpha value is -4.44. The zero-order valence-electron chi connectivity index (χ0n) is 24.6. The first-order valence-corrected chi connectivity index (χ1v) is 13.3. The first-order valence-electron chi connectivity index (χ1n) is 13.3. The van der Waals surface area contributed by atoms with Crippen LogP contribution in [0.5, 0.6) is 34.5 Å². The van der Waals surface area contributed by atoms with Gasteiger partial charge in [0.1, 0.15) is 18.3 Å². The number of hydrogen-bond donors (Lipinski definition) is 2. The number of quaternary nitrogens is 1. The molecule has 2 unspecified atom stereocenters. The average molecular weight is 565 g/mol. The molecule has 10 nitrogen and oxygen atoms in total. The maximum absolute atomic E-state index is 12.8. The number of amides is 1. The SMILES string of the molecule is COc1ccc(C=NNC(=O)c2cc(OC)c(OC)c(OC)c2)cc1C[NH+]1CCc2cc(OC)c(OC)cc2C1C. The molecule has 3 aromatic carbocycles. The number of nitrogens with zero attached hydrogens (tertiary/aromatic N) is 1. The van der Waals surface area contributed by atoms with Crippen molar-refractivity contribution >= 4 is 12.1 Å². The van der Waals surface area contributed by atoms with E-state index >= 15 is 0 Å². The lowest BCUT2D eigenvalue weighted by Crippen LogP contribution is -3.11. The molecule has 1 aliphatic heterocycles. The van der Waals surface area contributed by atoms with Crippen LogP contribution in [-0.2, 0) is 13.0 Å². The zero-order chi connectivity index (χ0) is 29.5. The number of benzene rings is 3. The Balaban J connectivity index is 1.50. The standard InChI is InChI=1S/C31H37N3O7/c1-19-24-16-27(38-4)26(37-3)13-21(24)10-11-34(19)18-23-12-20(8-9-25(23)36-2)17-32-33-31(35)22-14-28(39-5)30(41-7)29(15-22)40-6/h8-9,12-17,19H,10-11,18H2,1-7H3,(H,33,35)/p+1. The van der Waals surface area contributed by atoms with Gasteiger partial charge >= 0.3 is 0 Å². The molecular weight excluding hydrogens is 526 g/mol. The zero-order valence-corrected chi connectivity index (χ0v) is 24.6. The lowest BCUT2D eigenvalue weighted by molar-refractivity contribution is -0.945. The molecule has 2 atom stereocenters. The predicted octanol–water partition coefficient (Wildman–Crippen LogP) is 3.20. The van der Waals surface area contributed by atoms with Crippen molar-refractivity contribution in [2.45, 2.75) is 25.9 Å². The van der Waals surface area contributed by atoms with Crippen LogP contribution in [0, 0.1) is 0 Å². The second-order valence-corrected chi connectivity index (χ2v) is 9.65. The van der Waals surface area contributed by atoms with Crippen molar-refractivity contribution in [3.05, 3.63) is 70.3 Å². The highest BCUT2D eigenvalue weighted by molar-refractivity contribution is 5.96. The number of carbonyl (C=O) groups excluding carboxylic acids is 1. The number of rotatable bonds is 11. The van der Waals surface area contributed by atoms with Crippen LogP contribution in [-0.4, -0.2) is 61.3 Å². The van der Waals surface area contributed by atoms with E-state index in [1.54, 1.807) is 39.7 Å². The van der Waals surface area contributed by atoms with E-state index in [1.165, 1.54) is 37.4 Å². The Labute approximate surface area is 240 Å². The van der Waals surface area contributed by atoms with Gasteiger partial charge in [0.15, 0.2) is 23.0 Å². The fourth-order valence-electron chi connectivity index (χ4n) is 5.23. The van der Waals surface area contributed by atoms with Gasteiger partial charge in [-0.1, -0.05) is 0 Å². The highest BCUT2D eigenvalue weighted by atomic mass is 16.5. The maximum Gasteiger partial charge on any atom is 0.271 e. The molecule has 0 fully saturated rings. The summed E-state index contributed by atoms with van der Waals surface area (Å²) in [7, 11) is 9.50. The second kappa shape index (κ2) is 13.3. The minimum Gasteiger partial charge on any atom is -0.496 e. The minimum absolute atomic E-state index is 0.248. The molecular formula is C31H38N3O7+. The largest absolute Gasteiger partial charge is 0.496 e. The summed E-state index contributed by atoms with van der Waals surface area (Å²) in [5.41, 5.74) is 7.33. The van der Waals surface area contributed by atoms with Crippen LogP contribution in [0.3, 0.4) is 0 Å². The Bertz CT molecular complexity index is 1400. The topological polar surface area (TPSA) is 101 Å². The molecule has 3 aromatic rings. The Morgan fingerprint density at radius 3 is 2.10 bits per heavy atom. The number of hydrazone groups is 1. The highest BCUT2D eigenvalue weighted by Crippen LogP contribution is 2.38. The Morgan fingerprint density at radius 1 is 0.854 bits per heavy atom. The number of ether oxygens (including phenoxy) is 6. The van der Waals surface area contributed by atoms with E-state index in [0.717, 1.165) is 47.9 Å². The minimum atomic E-state index is -0.411. The molecule has 0 bridgehead atoms. The molecule has 0 aromatic heterocycles. The van der Waals surface area contributed by atoms with Crippen molar-refractivity contribution < 1.29 is 38.1 Å². The molecule has 1 aliphatic rings. The first-order chi connectivity index (χ1) is 19.9. The molecule has 4 rings (SSSR count). The van der Waals surface area contributed by atoms with E-state index in [0.29, 0.717) is 22.8 Å². The first kappa shape index (κ1) is 29.5. The lowest BCUT2D eigenvalue weighted by Gasteiger charge is -2.33. The number of carbonyl (C=O) groups is 1. The third kappa shape index (κ3) is 6.33. The van der Waals surface area contributed by atoms with Gasteiger partial charge in [-0.3, -0.25) is 4.79 Å². The van der Waals surface area contributed by atoms with E-state index < -0.39 is 5.91 Å². The van der Waals surface area contributed by atoms with Crippen LogP contribution in [0.4, 0.5) is 0 Å². The van der Waals surface area contributed by atoms with Crippen LogP contribution in [0.15, 0.2) is 47.6 Å². The van der Waals surface area contributed by atoms with E-state index in [1.807, 2.05) is 18.2 Å². The summed E-state index contributed by atoms with van der Waals surface area (Å²) in [6, 6.07) is 13.4. The lowest BCUT2D eigenvalue weighted by atomic mass is 9.92. The molecule has 1 heterocycles. The second-order valence-electron chi connectivity index (χ2n) is 9.65. The van der Waals surface area contributed by atoms with Gasteiger partial charge in [0.2, 0.25) is 5.75 Å². The van der Waals surface area contributed by atoms with E-state index in [-0.39, 0.29) is 6.04 Å². The number of fused-ring (bicyclic) bond motifs is 1. The van der Waals surface area contributed by atoms with Gasteiger partial charge in [-0.15, -0.1) is 0 Å². The number of methoxy groups -OCH3 is 6. The van der Waals surface area contributed by atoms with Crippen molar-refractivity contribution in [3.8, 4) is 34.5 Å². The van der Waals surface area contributed by atoms with Crippen LogP contribution >= 0.6 is 0 Å². The fourth-order valence-corrected chi connectivity index (χ4v) is 5.23. The van der Waals surface area contributed by atoms with Gasteiger partial charge < -0.3 is 33.3 Å². The van der Waals surface area contributed by atoms with Crippen LogP contribution in [0.25, 0.3) is 0 Å². The molecule has 1 amide bonds. The summed E-state index contributed by atoms with van der Waals surface area (Å²) in [5.74, 6) is 3.07. The van der Waals surface area contributed by atoms with Crippen molar-refractivity contribution in [1.29, 1.82) is 0 Å². The van der Waals surface area contributed by atoms with E-state index in [2.05, 4.69) is 29.6 Å². The smallest absolute Gasteiger partial charge is 0.271 e. The molecule has 0 aliphatic carbocycles. The Morgan fingerprint density at radius 2 is 1.49 bits per heavy atom. The van der Waals surface area contributed by atoms with E-state index in [9.17, 15) is 4.79 Å². The summed E-state index contributed by atoms with van der Waals surface area (Å²) in [6.45, 7) is 3.96. The third-order valence-electron chi connectivity index (χ3n) is 7.47. The van der Waals surface area contributed by atoms with Crippen molar-refractivity contribution in [2.24, 2.45) is 5.10 Å². The molecule has 0 saturated heterocycles. The summed E-state index contributed by atoms with van der Waals surface area (Å²) in [6.07, 6.45) is 2.55. The van der Waals surface area contributed by atoms with Gasteiger partial charge in [-0.2, -0.15) is 5.10 Å². The third-order valence-corrected chi connectivity index (χ3v) is 7.47. The molecule has 0 spiro atoms. The fraction of sp³-hybridized carbons (Fsp3) is 0.355. The number of nitrogens with one attached hydrogen (secondary N) is 2. The van der Waals surface area contributed by atoms with Crippen molar-refractivity contribution in [1.82, 2.24) is 5.43 Å². The molecule has 218 valence electrons. The molecule has 41 heavy (non-hydrogen) atoms. The summed E-state index contributed by atoms with van der Waals surface area (Å²) >= 11 is 0. The quantitative estimate of drug-likeness (QED) is 0.273. The monoisotopic (exact) mass is 564 g/mol. The van der Waals surface area contributed by atoms with Crippen LogP contribution in [0.1, 0.15) is 45.6 Å². The van der Waals surface area contributed by atoms with Gasteiger partial charge in [-0.25, -0.2) is 5.43 Å². The van der Waals surface area contributed by atoms with Gasteiger partial charge in [-0.05, 0) is 60.5 Å². The van der Waals surface area contributed by atoms with Crippen molar-refractivity contribution in [3.63, 3.8) is 0 Å². The van der Waals surface area contributed by atoms with Crippen molar-refractivity contribution in [2.75, 3.05) is 49.2 Å².